The molecule has 0 unspecified atom stereocenters. The second-order valence-corrected chi connectivity index (χ2v) is 4.49. The fraction of sp³-hybridized carbons (Fsp3) is 0.188. The zero-order valence-corrected chi connectivity index (χ0v) is 11.4. The number of hydrogen-bond acceptors (Lipinski definition) is 3. The first-order valence-electron chi connectivity index (χ1n) is 6.17. The molecule has 2 aromatic rings. The Morgan fingerprint density at radius 1 is 1.05 bits per heavy atom. The average Bonchev–Trinajstić information content (AvgIpc) is 2.41. The van der Waals surface area contributed by atoms with Gasteiger partial charge in [-0.15, -0.1) is 0 Å². The maximum absolute atomic E-state index is 12.0. The fourth-order valence-corrected chi connectivity index (χ4v) is 1.77. The first kappa shape index (κ1) is 13.1. The summed E-state index contributed by atoms with van der Waals surface area (Å²) < 4.78 is 5.40. The van der Waals surface area contributed by atoms with E-state index in [4.69, 9.17) is 4.74 Å². The molecule has 0 amide bonds. The van der Waals surface area contributed by atoms with E-state index >= 15 is 0 Å². The molecule has 1 N–H and O–H groups in total. The Bertz CT molecular complexity index is 588. The summed E-state index contributed by atoms with van der Waals surface area (Å²) in [6.07, 6.45) is 0. The number of benzene rings is 2. The summed E-state index contributed by atoms with van der Waals surface area (Å²) in [6.45, 7) is 3.90. The molecule has 2 rings (SSSR count). The molecule has 0 aromatic heterocycles. The van der Waals surface area contributed by atoms with E-state index in [9.17, 15) is 4.79 Å². The molecule has 0 spiro atoms. The van der Waals surface area contributed by atoms with Crippen molar-refractivity contribution in [3.05, 3.63) is 59.2 Å². The van der Waals surface area contributed by atoms with Crippen LogP contribution in [-0.2, 0) is 0 Å². The van der Waals surface area contributed by atoms with E-state index in [0.29, 0.717) is 11.3 Å². The summed E-state index contributed by atoms with van der Waals surface area (Å²) >= 11 is 0. The van der Waals surface area contributed by atoms with Crippen molar-refractivity contribution in [2.24, 2.45) is 0 Å². The Kier molecular flexibility index (Phi) is 3.85. The van der Waals surface area contributed by atoms with Gasteiger partial charge in [0.15, 0.2) is 0 Å². The number of anilines is 1. The second kappa shape index (κ2) is 5.57. The number of hydrogen-bond donors (Lipinski definition) is 1. The Balaban J connectivity index is 2.17. The number of carbonyl (C=O) groups is 1. The van der Waals surface area contributed by atoms with Crippen LogP contribution in [0.1, 0.15) is 21.5 Å². The number of ether oxygens (including phenoxy) is 1. The lowest BCUT2D eigenvalue weighted by Gasteiger charge is -2.09. The third kappa shape index (κ3) is 3.13. The zero-order chi connectivity index (χ0) is 13.8. The lowest BCUT2D eigenvalue weighted by atomic mass is 10.1. The van der Waals surface area contributed by atoms with E-state index in [1.807, 2.05) is 45.2 Å². The van der Waals surface area contributed by atoms with Crippen LogP contribution in [0.5, 0.6) is 5.75 Å². The smallest absolute Gasteiger partial charge is 0.343 e. The highest BCUT2D eigenvalue weighted by molar-refractivity contribution is 5.91. The van der Waals surface area contributed by atoms with Crippen LogP contribution in [0.25, 0.3) is 0 Å². The molecule has 3 nitrogen and oxygen atoms in total. The minimum atomic E-state index is -0.333. The van der Waals surface area contributed by atoms with Crippen LogP contribution in [0.15, 0.2) is 42.5 Å². The quantitative estimate of drug-likeness (QED) is 0.673. The van der Waals surface area contributed by atoms with Crippen molar-refractivity contribution in [3.63, 3.8) is 0 Å². The third-order valence-electron chi connectivity index (χ3n) is 2.95. The molecule has 2 aromatic carbocycles. The summed E-state index contributed by atoms with van der Waals surface area (Å²) in [6, 6.07) is 13.0. The minimum absolute atomic E-state index is 0.333. The van der Waals surface area contributed by atoms with Gasteiger partial charge in [-0.1, -0.05) is 17.7 Å². The van der Waals surface area contributed by atoms with Gasteiger partial charge in [0.25, 0.3) is 0 Å². The van der Waals surface area contributed by atoms with Gasteiger partial charge >= 0.3 is 5.97 Å². The molecule has 0 aliphatic heterocycles. The summed E-state index contributed by atoms with van der Waals surface area (Å²) in [4.78, 5) is 12.0. The Morgan fingerprint density at radius 3 is 2.32 bits per heavy atom. The van der Waals surface area contributed by atoms with Crippen molar-refractivity contribution in [2.75, 3.05) is 12.4 Å². The van der Waals surface area contributed by atoms with Gasteiger partial charge in [-0.2, -0.15) is 0 Å². The van der Waals surface area contributed by atoms with E-state index in [0.717, 1.165) is 16.8 Å². The molecule has 0 atom stereocenters. The summed E-state index contributed by atoms with van der Waals surface area (Å²) in [5.74, 6) is 0.255. The molecule has 0 aliphatic carbocycles. The van der Waals surface area contributed by atoms with Gasteiger partial charge in [0, 0.05) is 12.7 Å². The van der Waals surface area contributed by atoms with Gasteiger partial charge in [0.1, 0.15) is 5.75 Å². The van der Waals surface area contributed by atoms with Gasteiger partial charge in [-0.25, -0.2) is 4.79 Å². The van der Waals surface area contributed by atoms with Crippen LogP contribution in [0.2, 0.25) is 0 Å². The number of rotatable bonds is 3. The SMILES string of the molecule is CNc1ccc(OC(=O)c2ccc(C)cc2)c(C)c1. The fourth-order valence-electron chi connectivity index (χ4n) is 1.77. The van der Waals surface area contributed by atoms with Crippen molar-refractivity contribution < 1.29 is 9.53 Å². The summed E-state index contributed by atoms with van der Waals surface area (Å²) in [5, 5.41) is 3.05. The van der Waals surface area contributed by atoms with E-state index in [1.54, 1.807) is 18.2 Å². The molecule has 19 heavy (non-hydrogen) atoms. The van der Waals surface area contributed by atoms with Crippen LogP contribution >= 0.6 is 0 Å². The van der Waals surface area contributed by atoms with E-state index < -0.39 is 0 Å². The highest BCUT2D eigenvalue weighted by atomic mass is 16.5. The van der Waals surface area contributed by atoms with E-state index in [2.05, 4.69) is 5.32 Å². The number of aryl methyl sites for hydroxylation is 2. The van der Waals surface area contributed by atoms with Crippen LogP contribution in [0.3, 0.4) is 0 Å². The minimum Gasteiger partial charge on any atom is -0.423 e. The van der Waals surface area contributed by atoms with Gasteiger partial charge in [0.2, 0.25) is 0 Å². The molecule has 98 valence electrons. The van der Waals surface area contributed by atoms with Crippen LogP contribution in [0.4, 0.5) is 5.69 Å². The lowest BCUT2D eigenvalue weighted by molar-refractivity contribution is 0.0733. The first-order chi connectivity index (χ1) is 9.10. The molecule has 0 fully saturated rings. The van der Waals surface area contributed by atoms with Crippen LogP contribution < -0.4 is 10.1 Å². The molecule has 0 radical (unpaired) electrons. The van der Waals surface area contributed by atoms with E-state index in [1.165, 1.54) is 0 Å². The highest BCUT2D eigenvalue weighted by Gasteiger charge is 2.10. The summed E-state index contributed by atoms with van der Waals surface area (Å²) in [7, 11) is 1.85. The molecule has 0 heterocycles. The molecule has 3 heteroatoms. The highest BCUT2D eigenvalue weighted by Crippen LogP contribution is 2.22. The zero-order valence-electron chi connectivity index (χ0n) is 11.4. The number of esters is 1. The van der Waals surface area contributed by atoms with Gasteiger partial charge in [0.05, 0.1) is 5.56 Å². The normalized spacial score (nSPS) is 10.1. The Morgan fingerprint density at radius 2 is 1.74 bits per heavy atom. The maximum atomic E-state index is 12.0. The number of carbonyl (C=O) groups excluding carboxylic acids is 1. The lowest BCUT2D eigenvalue weighted by Crippen LogP contribution is -2.09. The van der Waals surface area contributed by atoms with Crippen LogP contribution in [0, 0.1) is 13.8 Å². The predicted octanol–water partition coefficient (Wildman–Crippen LogP) is 3.56. The van der Waals surface area contributed by atoms with Gasteiger partial charge in [-0.3, -0.25) is 0 Å². The van der Waals surface area contributed by atoms with Gasteiger partial charge in [-0.05, 0) is 49.7 Å². The topological polar surface area (TPSA) is 38.3 Å². The Labute approximate surface area is 113 Å². The molecule has 0 bridgehead atoms. The monoisotopic (exact) mass is 255 g/mol. The third-order valence-corrected chi connectivity index (χ3v) is 2.95. The van der Waals surface area contributed by atoms with Gasteiger partial charge < -0.3 is 10.1 Å². The average molecular weight is 255 g/mol. The maximum Gasteiger partial charge on any atom is 0.343 e. The standard InChI is InChI=1S/C16H17NO2/c1-11-4-6-13(7-5-11)16(18)19-15-9-8-14(17-3)10-12(15)2/h4-10,17H,1-3H3. The largest absolute Gasteiger partial charge is 0.423 e. The first-order valence-corrected chi connectivity index (χ1v) is 6.17. The number of nitrogens with one attached hydrogen (secondary N) is 1. The molecule has 0 saturated heterocycles. The van der Waals surface area contributed by atoms with E-state index in [-0.39, 0.29) is 5.97 Å². The second-order valence-electron chi connectivity index (χ2n) is 4.49. The molecular formula is C16H17NO2. The Hall–Kier alpha value is -2.29. The van der Waals surface area contributed by atoms with Crippen molar-refractivity contribution in [2.45, 2.75) is 13.8 Å². The van der Waals surface area contributed by atoms with Crippen molar-refractivity contribution >= 4 is 11.7 Å². The predicted molar refractivity (Wildman–Crippen MR) is 76.9 cm³/mol. The molecule has 0 aliphatic rings. The molecule has 0 saturated carbocycles. The van der Waals surface area contributed by atoms with Crippen molar-refractivity contribution in [1.82, 2.24) is 0 Å². The molecular weight excluding hydrogens is 238 g/mol. The summed E-state index contributed by atoms with van der Waals surface area (Å²) in [5.41, 5.74) is 3.59. The van der Waals surface area contributed by atoms with Crippen molar-refractivity contribution in [1.29, 1.82) is 0 Å². The van der Waals surface area contributed by atoms with Crippen LogP contribution in [-0.4, -0.2) is 13.0 Å². The van der Waals surface area contributed by atoms with Crippen molar-refractivity contribution in [3.8, 4) is 5.75 Å².